The molecule has 3 heterocycles. The van der Waals surface area contributed by atoms with Crippen LogP contribution in [0.5, 0.6) is 0 Å². The first kappa shape index (κ1) is 22.3. The minimum absolute atomic E-state index is 0.0527. The van der Waals surface area contributed by atoms with Crippen LogP contribution in [0.2, 0.25) is 0 Å². The number of pyridine rings is 1. The van der Waals surface area contributed by atoms with Gasteiger partial charge in [-0.2, -0.15) is 0 Å². The molecule has 1 aromatic carbocycles. The first-order valence-corrected chi connectivity index (χ1v) is 12.4. The standard InChI is InChI=1S/C26H36N6O/c1-18-9-10-21-19(15-18)16-20(24(33)27-21)22(23-28-29-30-32(23)25(2,3)4)31-14-8-13-26(17-31)11-6-5-7-12-26/h9-10,15-16,22H,5-8,11-14,17H2,1-4H3,(H,27,33)/t22-/m1/s1. The van der Waals surface area contributed by atoms with Crippen molar-refractivity contribution in [1.29, 1.82) is 0 Å². The predicted molar refractivity (Wildman–Crippen MR) is 130 cm³/mol. The molecule has 1 aliphatic heterocycles. The quantitative estimate of drug-likeness (QED) is 0.627. The van der Waals surface area contributed by atoms with E-state index in [2.05, 4.69) is 65.2 Å². The minimum atomic E-state index is -0.282. The SMILES string of the molecule is Cc1ccc2[nH]c(=O)c([C@H](c3nnnn3C(C)(C)C)N3CCCC4(CCCCC4)C3)cc2c1. The van der Waals surface area contributed by atoms with E-state index in [1.165, 1.54) is 44.1 Å². The third-order valence-corrected chi connectivity index (χ3v) is 7.67. The van der Waals surface area contributed by atoms with Gasteiger partial charge in [-0.15, -0.1) is 5.10 Å². The van der Waals surface area contributed by atoms with E-state index in [1.54, 1.807) is 0 Å². The zero-order chi connectivity index (χ0) is 23.2. The zero-order valence-electron chi connectivity index (χ0n) is 20.4. The zero-order valence-corrected chi connectivity index (χ0v) is 20.4. The number of hydrogen-bond acceptors (Lipinski definition) is 5. The number of rotatable bonds is 3. The van der Waals surface area contributed by atoms with Crippen molar-refractivity contribution in [3.8, 4) is 0 Å². The van der Waals surface area contributed by atoms with Gasteiger partial charge in [0.2, 0.25) is 0 Å². The van der Waals surface area contributed by atoms with E-state index in [4.69, 9.17) is 0 Å². The molecule has 7 nitrogen and oxygen atoms in total. The molecular formula is C26H36N6O. The van der Waals surface area contributed by atoms with Crippen LogP contribution >= 0.6 is 0 Å². The molecule has 1 N–H and O–H groups in total. The van der Waals surface area contributed by atoms with Crippen molar-refractivity contribution in [2.75, 3.05) is 13.1 Å². The molecule has 0 amide bonds. The van der Waals surface area contributed by atoms with Crippen LogP contribution in [0.4, 0.5) is 0 Å². The number of hydrogen-bond donors (Lipinski definition) is 1. The van der Waals surface area contributed by atoms with E-state index >= 15 is 0 Å². The highest BCUT2D eigenvalue weighted by Crippen LogP contribution is 2.45. The van der Waals surface area contributed by atoms with Gasteiger partial charge in [0.25, 0.3) is 5.56 Å². The minimum Gasteiger partial charge on any atom is -0.322 e. The molecule has 1 aliphatic carbocycles. The number of fused-ring (bicyclic) bond motifs is 1. The number of nitrogens with zero attached hydrogens (tertiary/aromatic N) is 5. The highest BCUT2D eigenvalue weighted by Gasteiger charge is 2.41. The average molecular weight is 449 g/mol. The van der Waals surface area contributed by atoms with E-state index < -0.39 is 0 Å². The van der Waals surface area contributed by atoms with Gasteiger partial charge in [0, 0.05) is 17.6 Å². The first-order valence-electron chi connectivity index (χ1n) is 12.4. The maximum atomic E-state index is 13.5. The lowest BCUT2D eigenvalue weighted by molar-refractivity contribution is 0.0329. The molecule has 0 unspecified atom stereocenters. The Kier molecular flexibility index (Phi) is 5.63. The summed E-state index contributed by atoms with van der Waals surface area (Å²) >= 11 is 0. The van der Waals surface area contributed by atoms with Crippen LogP contribution in [0.3, 0.4) is 0 Å². The molecule has 1 saturated carbocycles. The second-order valence-electron chi connectivity index (χ2n) is 11.3. The second-order valence-corrected chi connectivity index (χ2v) is 11.3. The number of H-pyrrole nitrogens is 1. The Morgan fingerprint density at radius 3 is 2.58 bits per heavy atom. The summed E-state index contributed by atoms with van der Waals surface area (Å²) in [6.45, 7) is 10.4. The lowest BCUT2D eigenvalue weighted by Gasteiger charge is -2.47. The van der Waals surface area contributed by atoms with Crippen molar-refractivity contribution in [3.05, 3.63) is 51.6 Å². The average Bonchev–Trinajstić information content (AvgIpc) is 3.25. The molecule has 0 bridgehead atoms. The normalized spacial score (nSPS) is 20.4. The lowest BCUT2D eigenvalue weighted by atomic mass is 9.69. The van der Waals surface area contributed by atoms with E-state index in [-0.39, 0.29) is 17.1 Å². The van der Waals surface area contributed by atoms with Crippen molar-refractivity contribution in [1.82, 2.24) is 30.1 Å². The van der Waals surface area contributed by atoms with Crippen molar-refractivity contribution >= 4 is 10.9 Å². The molecule has 7 heteroatoms. The van der Waals surface area contributed by atoms with Gasteiger partial charge in [-0.3, -0.25) is 9.69 Å². The fourth-order valence-electron chi connectivity index (χ4n) is 6.06. The number of nitrogens with one attached hydrogen (secondary N) is 1. The number of likely N-dealkylation sites (tertiary alicyclic amines) is 1. The number of aromatic amines is 1. The Labute approximate surface area is 195 Å². The summed E-state index contributed by atoms with van der Waals surface area (Å²) in [5.74, 6) is 0.757. The van der Waals surface area contributed by atoms with Gasteiger partial charge in [0.15, 0.2) is 5.82 Å². The first-order chi connectivity index (χ1) is 15.8. The summed E-state index contributed by atoms with van der Waals surface area (Å²) in [7, 11) is 0. The third kappa shape index (κ3) is 4.23. The molecule has 2 aliphatic rings. The number of aryl methyl sites for hydroxylation is 1. The molecule has 1 saturated heterocycles. The van der Waals surface area contributed by atoms with Gasteiger partial charge in [-0.25, -0.2) is 4.68 Å². The maximum Gasteiger partial charge on any atom is 0.253 e. The molecule has 1 atom stereocenters. The number of benzene rings is 1. The number of tetrazole rings is 1. The fraction of sp³-hybridized carbons (Fsp3) is 0.615. The molecule has 3 aromatic rings. The van der Waals surface area contributed by atoms with Crippen molar-refractivity contribution in [2.24, 2.45) is 5.41 Å². The smallest absolute Gasteiger partial charge is 0.253 e. The summed E-state index contributed by atoms with van der Waals surface area (Å²) in [6, 6.07) is 7.95. The van der Waals surface area contributed by atoms with Crippen LogP contribution in [-0.2, 0) is 5.54 Å². The lowest BCUT2D eigenvalue weighted by Crippen LogP contribution is -2.48. The van der Waals surface area contributed by atoms with Crippen molar-refractivity contribution in [3.63, 3.8) is 0 Å². The summed E-state index contributed by atoms with van der Waals surface area (Å²) in [5, 5.41) is 14.0. The molecule has 2 aromatic heterocycles. The molecule has 5 rings (SSSR count). The number of piperidine rings is 1. The van der Waals surface area contributed by atoms with Crippen molar-refractivity contribution < 1.29 is 0 Å². The molecule has 2 fully saturated rings. The van der Waals surface area contributed by atoms with E-state index in [0.29, 0.717) is 5.41 Å². The van der Waals surface area contributed by atoms with E-state index in [9.17, 15) is 4.79 Å². The van der Waals surface area contributed by atoms with Crippen LogP contribution in [0.15, 0.2) is 29.1 Å². The van der Waals surface area contributed by atoms with Crippen LogP contribution in [0, 0.1) is 12.3 Å². The Bertz CT molecular complexity index is 1190. The maximum absolute atomic E-state index is 13.5. The molecule has 176 valence electrons. The number of aromatic nitrogens is 5. The summed E-state index contributed by atoms with van der Waals surface area (Å²) in [5.41, 5.74) is 2.80. The Hall–Kier alpha value is -2.54. The second kappa shape index (κ2) is 8.35. The highest BCUT2D eigenvalue weighted by molar-refractivity contribution is 5.79. The molecule has 33 heavy (non-hydrogen) atoms. The van der Waals surface area contributed by atoms with Gasteiger partial charge in [-0.05, 0) is 99.4 Å². The Morgan fingerprint density at radius 1 is 1.06 bits per heavy atom. The topological polar surface area (TPSA) is 79.7 Å². The van der Waals surface area contributed by atoms with Gasteiger partial charge in [-0.1, -0.05) is 30.9 Å². The van der Waals surface area contributed by atoms with E-state index in [1.807, 2.05) is 16.8 Å². The van der Waals surface area contributed by atoms with Crippen LogP contribution in [0.25, 0.3) is 10.9 Å². The largest absolute Gasteiger partial charge is 0.322 e. The Balaban J connectivity index is 1.66. The summed E-state index contributed by atoms with van der Waals surface area (Å²) in [6.07, 6.45) is 8.98. The van der Waals surface area contributed by atoms with Gasteiger partial charge >= 0.3 is 0 Å². The van der Waals surface area contributed by atoms with Gasteiger partial charge < -0.3 is 4.98 Å². The summed E-state index contributed by atoms with van der Waals surface area (Å²) < 4.78 is 1.90. The molecular weight excluding hydrogens is 412 g/mol. The van der Waals surface area contributed by atoms with Crippen molar-refractivity contribution in [2.45, 2.75) is 84.2 Å². The Morgan fingerprint density at radius 2 is 1.82 bits per heavy atom. The van der Waals surface area contributed by atoms with Gasteiger partial charge in [0.05, 0.1) is 5.54 Å². The third-order valence-electron chi connectivity index (χ3n) is 7.67. The molecule has 1 spiro atoms. The van der Waals surface area contributed by atoms with E-state index in [0.717, 1.165) is 41.8 Å². The molecule has 0 radical (unpaired) electrons. The van der Waals surface area contributed by atoms with Gasteiger partial charge in [0.1, 0.15) is 6.04 Å². The van der Waals surface area contributed by atoms with Crippen LogP contribution in [0.1, 0.15) is 88.7 Å². The monoisotopic (exact) mass is 448 g/mol. The highest BCUT2D eigenvalue weighted by atomic mass is 16.1. The fourth-order valence-corrected chi connectivity index (χ4v) is 6.06. The summed E-state index contributed by atoms with van der Waals surface area (Å²) in [4.78, 5) is 19.1. The van der Waals surface area contributed by atoms with Crippen LogP contribution in [-0.4, -0.2) is 43.2 Å². The predicted octanol–water partition coefficient (Wildman–Crippen LogP) is 4.71. The van der Waals surface area contributed by atoms with Crippen LogP contribution < -0.4 is 5.56 Å².